The molecule has 0 bridgehead atoms. The summed E-state index contributed by atoms with van der Waals surface area (Å²) >= 11 is 1.49. The Kier molecular flexibility index (Phi) is 14.7. The lowest BCUT2D eigenvalue weighted by Crippen LogP contribution is -2.25. The SMILES string of the molecule is [C-]#[N+]/C(=C1C=C(/C=C/c2ccc(N(CCCC)CCCC)cc2)OC(/C=C/c2cc3ccc(N(CCCC)CCCC)cc3oc2=O)=C/1)c1nc2ccccc2s1. The van der Waals surface area contributed by atoms with Crippen molar-refractivity contribution in [3.63, 3.8) is 0 Å². The first-order chi connectivity index (χ1) is 27.9. The smallest absolute Gasteiger partial charge is 0.343 e. The predicted molar refractivity (Wildman–Crippen MR) is 241 cm³/mol. The summed E-state index contributed by atoms with van der Waals surface area (Å²) in [4.78, 5) is 27.0. The van der Waals surface area contributed by atoms with Gasteiger partial charge in [-0.05, 0) is 110 Å². The van der Waals surface area contributed by atoms with E-state index in [9.17, 15) is 4.79 Å². The van der Waals surface area contributed by atoms with E-state index in [1.54, 1.807) is 12.2 Å². The summed E-state index contributed by atoms with van der Waals surface area (Å²) in [5.74, 6) is 1.06. The van der Waals surface area contributed by atoms with Crippen molar-refractivity contribution in [1.82, 2.24) is 4.98 Å². The van der Waals surface area contributed by atoms with Gasteiger partial charge in [-0.25, -0.2) is 14.6 Å². The van der Waals surface area contributed by atoms with Gasteiger partial charge in [-0.3, -0.25) is 0 Å². The van der Waals surface area contributed by atoms with Crippen LogP contribution >= 0.6 is 11.3 Å². The van der Waals surface area contributed by atoms with Gasteiger partial charge in [0.2, 0.25) is 5.70 Å². The number of para-hydroxylation sites is 1. The topological polar surface area (TPSA) is 63.2 Å². The average Bonchev–Trinajstić information content (AvgIpc) is 3.66. The fourth-order valence-electron chi connectivity index (χ4n) is 6.76. The molecule has 0 unspecified atom stereocenters. The minimum atomic E-state index is -0.421. The lowest BCUT2D eigenvalue weighted by atomic mass is 10.1. The Morgan fingerprint density at radius 2 is 1.33 bits per heavy atom. The van der Waals surface area contributed by atoms with E-state index in [4.69, 9.17) is 20.7 Å². The fraction of sp³-hybridized carbons (Fsp3) is 0.327. The third-order valence-corrected chi connectivity index (χ3v) is 11.1. The van der Waals surface area contributed by atoms with Crippen LogP contribution in [0.1, 0.15) is 95.2 Å². The summed E-state index contributed by atoms with van der Waals surface area (Å²) in [5, 5.41) is 1.49. The van der Waals surface area contributed by atoms with Crippen molar-refractivity contribution in [3.8, 4) is 0 Å². The fourth-order valence-corrected chi connectivity index (χ4v) is 7.74. The van der Waals surface area contributed by atoms with E-state index in [0.717, 1.165) is 78.7 Å². The summed E-state index contributed by atoms with van der Waals surface area (Å²) in [7, 11) is 0. The van der Waals surface area contributed by atoms with Gasteiger partial charge in [0, 0.05) is 49.0 Å². The van der Waals surface area contributed by atoms with E-state index in [2.05, 4.69) is 72.7 Å². The molecular formula is C49H54N4O3S. The van der Waals surface area contributed by atoms with E-state index < -0.39 is 5.63 Å². The molecule has 3 heterocycles. The van der Waals surface area contributed by atoms with Crippen LogP contribution in [0.25, 0.3) is 43.9 Å². The number of thiazole rings is 1. The Balaban J connectivity index is 1.30. The molecule has 0 saturated carbocycles. The van der Waals surface area contributed by atoms with Gasteiger partial charge in [0.1, 0.15) is 22.1 Å². The molecule has 0 N–H and O–H groups in total. The summed E-state index contributed by atoms with van der Waals surface area (Å²) < 4.78 is 13.3. The maximum atomic E-state index is 13.3. The molecule has 6 rings (SSSR count). The van der Waals surface area contributed by atoms with E-state index in [0.29, 0.717) is 38.9 Å². The van der Waals surface area contributed by atoms with E-state index in [1.165, 1.54) is 42.7 Å². The second kappa shape index (κ2) is 20.5. The highest BCUT2D eigenvalue weighted by atomic mass is 32.1. The number of unbranched alkanes of at least 4 members (excludes halogenated alkanes) is 4. The van der Waals surface area contributed by atoms with Crippen LogP contribution in [-0.4, -0.2) is 31.2 Å². The molecule has 0 amide bonds. The van der Waals surface area contributed by atoms with Gasteiger partial charge in [-0.1, -0.05) is 83.7 Å². The van der Waals surface area contributed by atoms with Crippen molar-refractivity contribution in [2.24, 2.45) is 0 Å². The van der Waals surface area contributed by atoms with Gasteiger partial charge in [0.15, 0.2) is 0 Å². The van der Waals surface area contributed by atoms with Crippen molar-refractivity contribution < 1.29 is 9.15 Å². The zero-order valence-corrected chi connectivity index (χ0v) is 34.6. The highest BCUT2D eigenvalue weighted by Crippen LogP contribution is 2.34. The molecule has 0 spiro atoms. The number of nitrogens with zero attached hydrogens (tertiary/aromatic N) is 4. The maximum Gasteiger partial charge on any atom is 0.343 e. The molecule has 7 nitrogen and oxygen atoms in total. The molecule has 294 valence electrons. The Labute approximate surface area is 341 Å². The zero-order valence-electron chi connectivity index (χ0n) is 33.8. The number of allylic oxidation sites excluding steroid dienone is 5. The molecule has 2 aromatic heterocycles. The number of rotatable bonds is 19. The lowest BCUT2D eigenvalue weighted by Gasteiger charge is -2.24. The number of ether oxygens (including phenoxy) is 1. The van der Waals surface area contributed by atoms with Crippen LogP contribution in [0.4, 0.5) is 11.4 Å². The molecule has 1 aliphatic rings. The average molecular weight is 779 g/mol. The third-order valence-electron chi connectivity index (χ3n) is 10.1. The maximum absolute atomic E-state index is 13.3. The molecule has 5 aromatic rings. The Bertz CT molecular complexity index is 2340. The Morgan fingerprint density at radius 3 is 1.95 bits per heavy atom. The van der Waals surface area contributed by atoms with Crippen LogP contribution in [0.2, 0.25) is 0 Å². The molecule has 0 saturated heterocycles. The lowest BCUT2D eigenvalue weighted by molar-refractivity contribution is 0.332. The van der Waals surface area contributed by atoms with Crippen LogP contribution < -0.4 is 15.4 Å². The molecule has 57 heavy (non-hydrogen) atoms. The van der Waals surface area contributed by atoms with Crippen molar-refractivity contribution in [2.75, 3.05) is 36.0 Å². The van der Waals surface area contributed by atoms with Crippen LogP contribution in [0.3, 0.4) is 0 Å². The van der Waals surface area contributed by atoms with Gasteiger partial charge in [0.25, 0.3) is 0 Å². The second-order valence-corrected chi connectivity index (χ2v) is 15.5. The molecule has 3 aromatic carbocycles. The number of hydrogen-bond donors (Lipinski definition) is 0. The summed E-state index contributed by atoms with van der Waals surface area (Å²) in [6.07, 6.45) is 20.3. The van der Waals surface area contributed by atoms with Gasteiger partial charge in [0.05, 0.1) is 22.4 Å². The van der Waals surface area contributed by atoms with E-state index >= 15 is 0 Å². The van der Waals surface area contributed by atoms with Crippen LogP contribution in [0.15, 0.2) is 123 Å². The third kappa shape index (κ3) is 10.8. The summed E-state index contributed by atoms with van der Waals surface area (Å²) in [6.45, 7) is 21.1. The Morgan fingerprint density at radius 1 is 0.737 bits per heavy atom. The number of benzene rings is 3. The number of aromatic nitrogens is 1. The standard InChI is InChI=1S/C49H54N4O3S/c1-6-10-28-52(29-11-7-2)40-23-18-36(19-24-40)20-26-42-33-39(47(50-5)48-51-44-16-14-15-17-46(44)57-48)34-43(55-42)27-22-38-32-37-21-25-41(35-45(37)56-49(38)54)53(30-12-8-3)31-13-9-4/h14-27,32-35H,6-13,28-31H2,1-4H3/b26-20+,27-22+,47-39-. The van der Waals surface area contributed by atoms with Crippen LogP contribution in [0.5, 0.6) is 0 Å². The van der Waals surface area contributed by atoms with Crippen molar-refractivity contribution in [1.29, 1.82) is 0 Å². The predicted octanol–water partition coefficient (Wildman–Crippen LogP) is 13.1. The number of fused-ring (bicyclic) bond motifs is 2. The minimum absolute atomic E-state index is 0.411. The molecular weight excluding hydrogens is 725 g/mol. The molecule has 0 aliphatic carbocycles. The first kappa shape index (κ1) is 41.0. The van der Waals surface area contributed by atoms with Gasteiger partial charge in [-0.2, -0.15) is 0 Å². The monoisotopic (exact) mass is 778 g/mol. The summed E-state index contributed by atoms with van der Waals surface area (Å²) in [5.41, 5.74) is 5.89. The first-order valence-electron chi connectivity index (χ1n) is 20.6. The molecule has 0 atom stereocenters. The zero-order chi connectivity index (χ0) is 40.0. The van der Waals surface area contributed by atoms with E-state index in [1.807, 2.05) is 66.8 Å². The van der Waals surface area contributed by atoms with Crippen molar-refractivity contribution >= 4 is 61.7 Å². The quantitative estimate of drug-likeness (QED) is 0.0614. The molecule has 0 radical (unpaired) electrons. The molecule has 8 heteroatoms. The van der Waals surface area contributed by atoms with Crippen molar-refractivity contribution in [3.05, 3.63) is 152 Å². The summed E-state index contributed by atoms with van der Waals surface area (Å²) in [6, 6.07) is 24.6. The van der Waals surface area contributed by atoms with Gasteiger partial charge >= 0.3 is 5.63 Å². The highest BCUT2D eigenvalue weighted by molar-refractivity contribution is 7.19. The van der Waals surface area contributed by atoms with Crippen LogP contribution in [-0.2, 0) is 4.74 Å². The Hall–Kier alpha value is -5.65. The van der Waals surface area contributed by atoms with Gasteiger partial charge < -0.3 is 19.0 Å². The first-order valence-corrected chi connectivity index (χ1v) is 21.4. The van der Waals surface area contributed by atoms with Crippen molar-refractivity contribution in [2.45, 2.75) is 79.1 Å². The largest absolute Gasteiger partial charge is 0.457 e. The molecule has 0 fully saturated rings. The van der Waals surface area contributed by atoms with Gasteiger partial charge in [-0.15, -0.1) is 11.3 Å². The van der Waals surface area contributed by atoms with E-state index in [-0.39, 0.29) is 0 Å². The normalized spacial score (nSPS) is 13.9. The van der Waals surface area contributed by atoms with Crippen LogP contribution in [0, 0.1) is 6.57 Å². The second-order valence-electron chi connectivity index (χ2n) is 14.5. The highest BCUT2D eigenvalue weighted by Gasteiger charge is 2.18. The number of anilines is 2. The minimum Gasteiger partial charge on any atom is -0.457 e. The number of hydrogen-bond acceptors (Lipinski definition) is 7. The molecule has 1 aliphatic heterocycles.